The standard InChI is InChI=1S/C16H25BrFN/c1-3-4-5-6-7-8-15(19-2)12-13-11-14(18)9-10-16(13)17/h9-11,15,19H,3-8,12H2,1-2H3. The quantitative estimate of drug-likeness (QED) is 0.623. The van der Waals surface area contributed by atoms with E-state index in [0.29, 0.717) is 6.04 Å². The first-order valence-electron chi connectivity index (χ1n) is 7.28. The molecule has 0 fully saturated rings. The van der Waals surface area contributed by atoms with Crippen molar-refractivity contribution in [3.05, 3.63) is 34.1 Å². The van der Waals surface area contributed by atoms with Crippen molar-refractivity contribution < 1.29 is 4.39 Å². The Hall–Kier alpha value is -0.410. The molecule has 1 aromatic carbocycles. The molecule has 0 radical (unpaired) electrons. The summed E-state index contributed by atoms with van der Waals surface area (Å²) in [5.41, 5.74) is 1.05. The Morgan fingerprint density at radius 1 is 1.21 bits per heavy atom. The average molecular weight is 330 g/mol. The summed E-state index contributed by atoms with van der Waals surface area (Å²) in [4.78, 5) is 0. The number of halogens is 2. The molecule has 1 N–H and O–H groups in total. The van der Waals surface area contributed by atoms with Crippen molar-refractivity contribution in [1.29, 1.82) is 0 Å². The molecule has 1 aromatic rings. The Labute approximate surface area is 125 Å². The normalized spacial score (nSPS) is 12.6. The Balaban J connectivity index is 2.41. The van der Waals surface area contributed by atoms with E-state index < -0.39 is 0 Å². The minimum atomic E-state index is -0.156. The minimum absolute atomic E-state index is 0.156. The summed E-state index contributed by atoms with van der Waals surface area (Å²) < 4.78 is 14.3. The van der Waals surface area contributed by atoms with Crippen molar-refractivity contribution in [2.24, 2.45) is 0 Å². The summed E-state index contributed by atoms with van der Waals surface area (Å²) >= 11 is 3.50. The monoisotopic (exact) mass is 329 g/mol. The van der Waals surface area contributed by atoms with E-state index >= 15 is 0 Å². The van der Waals surface area contributed by atoms with Gasteiger partial charge in [-0.15, -0.1) is 0 Å². The molecule has 3 heteroatoms. The molecule has 0 aromatic heterocycles. The first kappa shape index (κ1) is 16.6. The maximum Gasteiger partial charge on any atom is 0.123 e. The Bertz CT molecular complexity index is 368. The topological polar surface area (TPSA) is 12.0 Å². The number of benzene rings is 1. The van der Waals surface area contributed by atoms with E-state index in [9.17, 15) is 4.39 Å². The van der Waals surface area contributed by atoms with E-state index in [1.807, 2.05) is 7.05 Å². The van der Waals surface area contributed by atoms with Gasteiger partial charge in [-0.25, -0.2) is 4.39 Å². The number of hydrogen-bond acceptors (Lipinski definition) is 1. The highest BCUT2D eigenvalue weighted by Crippen LogP contribution is 2.20. The molecule has 19 heavy (non-hydrogen) atoms. The van der Waals surface area contributed by atoms with Crippen molar-refractivity contribution in [2.45, 2.75) is 57.9 Å². The first-order chi connectivity index (χ1) is 9.17. The van der Waals surface area contributed by atoms with Crippen LogP contribution in [-0.2, 0) is 6.42 Å². The van der Waals surface area contributed by atoms with Crippen molar-refractivity contribution in [2.75, 3.05) is 7.05 Å². The number of unbranched alkanes of at least 4 members (excludes halogenated alkanes) is 4. The molecule has 108 valence electrons. The zero-order valence-corrected chi connectivity index (χ0v) is 13.6. The lowest BCUT2D eigenvalue weighted by Gasteiger charge is -2.17. The summed E-state index contributed by atoms with van der Waals surface area (Å²) in [5, 5.41) is 3.34. The van der Waals surface area contributed by atoms with Crippen LogP contribution in [0.25, 0.3) is 0 Å². The molecule has 0 bridgehead atoms. The second-order valence-corrected chi connectivity index (χ2v) is 5.98. The number of rotatable bonds is 9. The maximum atomic E-state index is 13.3. The smallest absolute Gasteiger partial charge is 0.123 e. The van der Waals surface area contributed by atoms with Gasteiger partial charge in [0.15, 0.2) is 0 Å². The lowest BCUT2D eigenvalue weighted by atomic mass is 10.00. The molecule has 0 amide bonds. The van der Waals surface area contributed by atoms with Gasteiger partial charge in [0, 0.05) is 10.5 Å². The Kier molecular flexibility index (Phi) is 8.31. The van der Waals surface area contributed by atoms with Crippen molar-refractivity contribution in [1.82, 2.24) is 5.32 Å². The van der Waals surface area contributed by atoms with E-state index in [0.717, 1.165) is 22.9 Å². The Morgan fingerprint density at radius 3 is 2.63 bits per heavy atom. The molecule has 0 heterocycles. The fraction of sp³-hybridized carbons (Fsp3) is 0.625. The van der Waals surface area contributed by atoms with E-state index in [1.165, 1.54) is 38.2 Å². The fourth-order valence-corrected chi connectivity index (χ4v) is 2.72. The average Bonchev–Trinajstić information content (AvgIpc) is 2.41. The Morgan fingerprint density at radius 2 is 1.95 bits per heavy atom. The number of nitrogens with one attached hydrogen (secondary N) is 1. The van der Waals surface area contributed by atoms with Crippen LogP contribution < -0.4 is 5.32 Å². The van der Waals surface area contributed by atoms with Crippen LogP contribution in [0.15, 0.2) is 22.7 Å². The van der Waals surface area contributed by atoms with Crippen LogP contribution in [0.2, 0.25) is 0 Å². The van der Waals surface area contributed by atoms with Gasteiger partial charge in [-0.05, 0) is 43.7 Å². The molecule has 1 atom stereocenters. The number of hydrogen-bond donors (Lipinski definition) is 1. The number of likely N-dealkylation sites (N-methyl/N-ethyl adjacent to an activating group) is 1. The van der Waals surface area contributed by atoms with E-state index in [2.05, 4.69) is 28.2 Å². The van der Waals surface area contributed by atoms with Crippen molar-refractivity contribution >= 4 is 15.9 Å². The van der Waals surface area contributed by atoms with Gasteiger partial charge in [-0.2, -0.15) is 0 Å². The molecule has 0 spiro atoms. The molecule has 0 aliphatic rings. The summed E-state index contributed by atoms with van der Waals surface area (Å²) in [6, 6.07) is 5.34. The predicted octanol–water partition coefficient (Wildman–Crippen LogP) is 5.08. The fourth-order valence-electron chi connectivity index (χ4n) is 2.31. The van der Waals surface area contributed by atoms with Gasteiger partial charge in [-0.3, -0.25) is 0 Å². The molecule has 1 rings (SSSR count). The maximum absolute atomic E-state index is 13.3. The minimum Gasteiger partial charge on any atom is -0.317 e. The van der Waals surface area contributed by atoms with Gasteiger partial charge in [0.05, 0.1) is 0 Å². The zero-order valence-electron chi connectivity index (χ0n) is 12.0. The van der Waals surface area contributed by atoms with Gasteiger partial charge in [0.1, 0.15) is 5.82 Å². The van der Waals surface area contributed by atoms with Crippen LogP contribution >= 0.6 is 15.9 Å². The third-order valence-electron chi connectivity index (χ3n) is 3.54. The third kappa shape index (κ3) is 6.53. The van der Waals surface area contributed by atoms with Gasteiger partial charge < -0.3 is 5.32 Å². The van der Waals surface area contributed by atoms with Crippen LogP contribution in [0.4, 0.5) is 4.39 Å². The molecule has 0 saturated carbocycles. The highest BCUT2D eigenvalue weighted by atomic mass is 79.9. The van der Waals surface area contributed by atoms with E-state index in [4.69, 9.17) is 0 Å². The van der Waals surface area contributed by atoms with Crippen LogP contribution in [0.1, 0.15) is 51.0 Å². The van der Waals surface area contributed by atoms with Gasteiger partial charge in [0.2, 0.25) is 0 Å². The molecule has 1 unspecified atom stereocenters. The third-order valence-corrected chi connectivity index (χ3v) is 4.31. The van der Waals surface area contributed by atoms with Crippen LogP contribution in [0.5, 0.6) is 0 Å². The summed E-state index contributed by atoms with van der Waals surface area (Å²) in [6.45, 7) is 2.23. The first-order valence-corrected chi connectivity index (χ1v) is 8.07. The molecule has 0 aliphatic heterocycles. The summed E-state index contributed by atoms with van der Waals surface area (Å²) in [6.07, 6.45) is 8.53. The van der Waals surface area contributed by atoms with Gasteiger partial charge in [0.25, 0.3) is 0 Å². The molecule has 1 nitrogen and oxygen atoms in total. The van der Waals surface area contributed by atoms with Gasteiger partial charge >= 0.3 is 0 Å². The molecular weight excluding hydrogens is 305 g/mol. The lowest BCUT2D eigenvalue weighted by molar-refractivity contribution is 0.480. The second-order valence-electron chi connectivity index (χ2n) is 5.13. The highest BCUT2D eigenvalue weighted by Gasteiger charge is 2.10. The highest BCUT2D eigenvalue weighted by molar-refractivity contribution is 9.10. The summed E-state index contributed by atoms with van der Waals surface area (Å²) in [5.74, 6) is -0.156. The zero-order chi connectivity index (χ0) is 14.1. The van der Waals surface area contributed by atoms with Crippen LogP contribution in [-0.4, -0.2) is 13.1 Å². The molecule has 0 aliphatic carbocycles. The van der Waals surface area contributed by atoms with E-state index in [-0.39, 0.29) is 5.82 Å². The lowest BCUT2D eigenvalue weighted by Crippen LogP contribution is -2.27. The van der Waals surface area contributed by atoms with Crippen molar-refractivity contribution in [3.8, 4) is 0 Å². The van der Waals surface area contributed by atoms with Crippen LogP contribution in [0, 0.1) is 5.82 Å². The predicted molar refractivity (Wildman–Crippen MR) is 84.0 cm³/mol. The molecule has 0 saturated heterocycles. The molecular formula is C16H25BrFN. The largest absolute Gasteiger partial charge is 0.317 e. The second kappa shape index (κ2) is 9.49. The van der Waals surface area contributed by atoms with E-state index in [1.54, 1.807) is 12.1 Å². The van der Waals surface area contributed by atoms with Crippen molar-refractivity contribution in [3.63, 3.8) is 0 Å². The summed E-state index contributed by atoms with van der Waals surface area (Å²) in [7, 11) is 1.99. The van der Waals surface area contributed by atoms with Crippen LogP contribution in [0.3, 0.4) is 0 Å². The SMILES string of the molecule is CCCCCCCC(Cc1cc(F)ccc1Br)NC. The van der Waals surface area contributed by atoms with Gasteiger partial charge in [-0.1, -0.05) is 55.0 Å².